The van der Waals surface area contributed by atoms with Gasteiger partial charge in [-0.2, -0.15) is 0 Å². The molecule has 0 spiro atoms. The first-order valence-corrected chi connectivity index (χ1v) is 4.46. The van der Waals surface area contributed by atoms with E-state index in [1.807, 2.05) is 13.8 Å². The average molecular weight is 211 g/mol. The lowest BCUT2D eigenvalue weighted by Gasteiger charge is -1.97. The smallest absolute Gasteiger partial charge is 0.371 e. The predicted octanol–water partition coefficient (Wildman–Crippen LogP) is 2.20. The van der Waals surface area contributed by atoms with Gasteiger partial charge in [-0.05, 0) is 26.8 Å². The Hall–Kier alpha value is -1.78. The van der Waals surface area contributed by atoms with Crippen LogP contribution in [0.5, 0.6) is 0 Å². The lowest BCUT2D eigenvalue weighted by atomic mass is 10.2. The van der Waals surface area contributed by atoms with Crippen LogP contribution in [0.4, 0.5) is 0 Å². The van der Waals surface area contributed by atoms with Gasteiger partial charge in [0, 0.05) is 5.56 Å². The van der Waals surface area contributed by atoms with E-state index in [1.54, 1.807) is 6.92 Å². The molecule has 1 aromatic rings. The van der Waals surface area contributed by atoms with Crippen LogP contribution in [-0.4, -0.2) is 16.8 Å². The number of carboxylic acid groups (broad SMARTS) is 1. The van der Waals surface area contributed by atoms with Crippen LogP contribution in [0.2, 0.25) is 0 Å². The van der Waals surface area contributed by atoms with Gasteiger partial charge in [0.1, 0.15) is 12.4 Å². The van der Waals surface area contributed by atoms with E-state index < -0.39 is 5.97 Å². The van der Waals surface area contributed by atoms with Gasteiger partial charge in [-0.3, -0.25) is 0 Å². The molecule has 5 heteroatoms. The molecule has 0 aliphatic rings. The summed E-state index contributed by atoms with van der Waals surface area (Å²) in [6, 6.07) is 1.44. The molecular weight excluding hydrogens is 198 g/mol. The first-order chi connectivity index (χ1) is 7.00. The number of furan rings is 1. The Bertz CT molecular complexity index is 388. The normalized spacial score (nSPS) is 9.80. The summed E-state index contributed by atoms with van der Waals surface area (Å²) in [5, 5.41) is 12.4. The van der Waals surface area contributed by atoms with Gasteiger partial charge in [0.15, 0.2) is 0 Å². The summed E-state index contributed by atoms with van der Waals surface area (Å²) in [7, 11) is 0. The lowest BCUT2D eigenvalue weighted by Crippen LogP contribution is -1.92. The summed E-state index contributed by atoms with van der Waals surface area (Å²) in [6.45, 7) is 5.53. The maximum Gasteiger partial charge on any atom is 0.371 e. The Labute approximate surface area is 87.3 Å². The first-order valence-electron chi connectivity index (χ1n) is 4.46. The molecule has 15 heavy (non-hydrogen) atoms. The molecule has 1 N–H and O–H groups in total. The molecule has 82 valence electrons. The van der Waals surface area contributed by atoms with Crippen LogP contribution in [0.3, 0.4) is 0 Å². The number of aromatic carboxylic acids is 1. The minimum atomic E-state index is -1.08. The number of hydrogen-bond acceptors (Lipinski definition) is 4. The molecule has 5 nitrogen and oxygen atoms in total. The first kappa shape index (κ1) is 11.3. The third-order valence-electron chi connectivity index (χ3n) is 1.70. The number of nitrogens with zero attached hydrogens (tertiary/aromatic N) is 1. The summed E-state index contributed by atoms with van der Waals surface area (Å²) in [5.41, 5.74) is 1.49. The second kappa shape index (κ2) is 4.63. The van der Waals surface area contributed by atoms with Crippen LogP contribution >= 0.6 is 0 Å². The highest BCUT2D eigenvalue weighted by Gasteiger charge is 2.12. The zero-order chi connectivity index (χ0) is 11.4. The van der Waals surface area contributed by atoms with E-state index >= 15 is 0 Å². The average Bonchev–Trinajstić information content (AvgIpc) is 2.47. The largest absolute Gasteiger partial charge is 0.475 e. The van der Waals surface area contributed by atoms with Crippen molar-refractivity contribution in [2.75, 3.05) is 0 Å². The van der Waals surface area contributed by atoms with Crippen molar-refractivity contribution < 1.29 is 19.2 Å². The third kappa shape index (κ3) is 3.12. The van der Waals surface area contributed by atoms with Crippen molar-refractivity contribution in [3.05, 3.63) is 23.2 Å². The molecular formula is C10H13NO4. The van der Waals surface area contributed by atoms with Crippen LogP contribution < -0.4 is 0 Å². The van der Waals surface area contributed by atoms with E-state index in [1.165, 1.54) is 6.07 Å². The highest BCUT2D eigenvalue weighted by Crippen LogP contribution is 2.15. The summed E-state index contributed by atoms with van der Waals surface area (Å²) in [6.07, 6.45) is 0. The van der Waals surface area contributed by atoms with Crippen molar-refractivity contribution >= 4 is 11.7 Å². The summed E-state index contributed by atoms with van der Waals surface area (Å²) < 4.78 is 5.01. The van der Waals surface area contributed by atoms with Gasteiger partial charge in [-0.25, -0.2) is 4.79 Å². The van der Waals surface area contributed by atoms with E-state index in [2.05, 4.69) is 5.16 Å². The van der Waals surface area contributed by atoms with Crippen molar-refractivity contribution in [2.24, 2.45) is 5.16 Å². The van der Waals surface area contributed by atoms with Gasteiger partial charge < -0.3 is 14.4 Å². The van der Waals surface area contributed by atoms with E-state index in [-0.39, 0.29) is 12.4 Å². The minimum Gasteiger partial charge on any atom is -0.475 e. The zero-order valence-corrected chi connectivity index (χ0v) is 8.90. The number of carbonyl (C=O) groups is 1. The maximum atomic E-state index is 10.6. The molecule has 0 unspecified atom stereocenters. The standard InChI is InChI=1S/C10H13NO4/c1-6(2)11-14-5-8-4-9(10(12)13)15-7(8)3/h4H,5H2,1-3H3,(H,12,13). The van der Waals surface area contributed by atoms with E-state index in [0.29, 0.717) is 11.3 Å². The number of hydrogen-bond donors (Lipinski definition) is 1. The molecule has 0 aliphatic carbocycles. The van der Waals surface area contributed by atoms with Gasteiger partial charge >= 0.3 is 5.97 Å². The number of aryl methyl sites for hydroxylation is 1. The Morgan fingerprint density at radius 1 is 1.60 bits per heavy atom. The highest BCUT2D eigenvalue weighted by atomic mass is 16.6. The monoisotopic (exact) mass is 211 g/mol. The van der Waals surface area contributed by atoms with Crippen LogP contribution in [0, 0.1) is 6.92 Å². The topological polar surface area (TPSA) is 72.0 Å². The van der Waals surface area contributed by atoms with Crippen LogP contribution in [0.1, 0.15) is 35.7 Å². The van der Waals surface area contributed by atoms with Crippen molar-refractivity contribution in [1.82, 2.24) is 0 Å². The summed E-state index contributed by atoms with van der Waals surface area (Å²) in [5.74, 6) is -0.626. The highest BCUT2D eigenvalue weighted by molar-refractivity contribution is 5.84. The van der Waals surface area contributed by atoms with Gasteiger partial charge in [-0.1, -0.05) is 5.16 Å². The fourth-order valence-electron chi connectivity index (χ4n) is 0.999. The molecule has 0 saturated carbocycles. The molecule has 0 aliphatic heterocycles. The summed E-state index contributed by atoms with van der Waals surface area (Å²) in [4.78, 5) is 15.6. The number of oxime groups is 1. The van der Waals surface area contributed by atoms with Gasteiger partial charge in [0.2, 0.25) is 5.76 Å². The Kier molecular flexibility index (Phi) is 3.49. The predicted molar refractivity (Wildman–Crippen MR) is 54.0 cm³/mol. The van der Waals surface area contributed by atoms with Crippen LogP contribution in [0.15, 0.2) is 15.6 Å². The molecule has 0 aromatic carbocycles. The molecule has 0 bridgehead atoms. The summed E-state index contributed by atoms with van der Waals surface area (Å²) >= 11 is 0. The lowest BCUT2D eigenvalue weighted by molar-refractivity contribution is 0.0661. The Balaban J connectivity index is 2.69. The molecule has 1 rings (SSSR count). The third-order valence-corrected chi connectivity index (χ3v) is 1.70. The molecule has 1 aromatic heterocycles. The van der Waals surface area contributed by atoms with E-state index in [4.69, 9.17) is 14.4 Å². The van der Waals surface area contributed by atoms with Gasteiger partial charge in [-0.15, -0.1) is 0 Å². The Morgan fingerprint density at radius 3 is 2.73 bits per heavy atom. The van der Waals surface area contributed by atoms with Crippen LogP contribution in [0.25, 0.3) is 0 Å². The molecule has 1 heterocycles. The van der Waals surface area contributed by atoms with E-state index in [0.717, 1.165) is 5.71 Å². The van der Waals surface area contributed by atoms with Gasteiger partial charge in [0.05, 0.1) is 5.71 Å². The second-order valence-electron chi connectivity index (χ2n) is 3.31. The zero-order valence-electron chi connectivity index (χ0n) is 8.90. The molecule has 0 atom stereocenters. The second-order valence-corrected chi connectivity index (χ2v) is 3.31. The number of rotatable bonds is 4. The van der Waals surface area contributed by atoms with Gasteiger partial charge in [0.25, 0.3) is 0 Å². The van der Waals surface area contributed by atoms with E-state index in [9.17, 15) is 4.79 Å². The van der Waals surface area contributed by atoms with Crippen molar-refractivity contribution in [3.8, 4) is 0 Å². The van der Waals surface area contributed by atoms with Crippen molar-refractivity contribution in [1.29, 1.82) is 0 Å². The minimum absolute atomic E-state index is 0.0803. The molecule has 0 saturated heterocycles. The molecule has 0 radical (unpaired) electrons. The fourth-order valence-corrected chi connectivity index (χ4v) is 0.999. The van der Waals surface area contributed by atoms with Crippen molar-refractivity contribution in [2.45, 2.75) is 27.4 Å². The van der Waals surface area contributed by atoms with Crippen molar-refractivity contribution in [3.63, 3.8) is 0 Å². The van der Waals surface area contributed by atoms with Crippen LogP contribution in [-0.2, 0) is 11.4 Å². The molecule has 0 amide bonds. The maximum absolute atomic E-state index is 10.6. The fraction of sp³-hybridized carbons (Fsp3) is 0.400. The number of carboxylic acids is 1. The SMILES string of the molecule is CC(C)=NOCc1cc(C(=O)O)oc1C. The quantitative estimate of drug-likeness (QED) is 0.612. The Morgan fingerprint density at radius 2 is 2.27 bits per heavy atom. The molecule has 0 fully saturated rings.